The van der Waals surface area contributed by atoms with Gasteiger partial charge in [0.1, 0.15) is 5.82 Å². The first kappa shape index (κ1) is 19.6. The molecule has 0 saturated carbocycles. The molecule has 3 heterocycles. The van der Waals surface area contributed by atoms with Gasteiger partial charge in [-0.05, 0) is 38.0 Å². The zero-order valence-corrected chi connectivity index (χ0v) is 16.9. The molecular weight excluding hydrogens is 382 g/mol. The molecule has 0 bridgehead atoms. The van der Waals surface area contributed by atoms with Gasteiger partial charge < -0.3 is 15.4 Å². The molecule has 1 aromatic carbocycles. The summed E-state index contributed by atoms with van der Waals surface area (Å²) >= 11 is 0. The molecule has 0 spiro atoms. The van der Waals surface area contributed by atoms with Crippen LogP contribution in [0.15, 0.2) is 48.8 Å². The van der Waals surface area contributed by atoms with Crippen molar-refractivity contribution >= 4 is 17.5 Å². The van der Waals surface area contributed by atoms with Crippen LogP contribution in [0.4, 0.5) is 5.82 Å². The summed E-state index contributed by atoms with van der Waals surface area (Å²) in [5, 5.41) is 4.30. The molecule has 0 aliphatic carbocycles. The number of methoxy groups -OCH3 is 1. The van der Waals surface area contributed by atoms with Gasteiger partial charge in [0.2, 0.25) is 5.88 Å². The van der Waals surface area contributed by atoms with Crippen LogP contribution >= 0.6 is 0 Å². The van der Waals surface area contributed by atoms with Crippen molar-refractivity contribution in [1.82, 2.24) is 19.7 Å². The smallest absolute Gasteiger partial charge is 0.256 e. The molecule has 2 aromatic heterocycles. The molecule has 1 atom stereocenters. The number of carbonyl (C=O) groups excluding carboxylic acids is 2. The Bertz CT molecular complexity index is 1070. The first-order valence-electron chi connectivity index (χ1n) is 9.75. The molecule has 1 fully saturated rings. The van der Waals surface area contributed by atoms with E-state index in [1.807, 2.05) is 31.2 Å². The number of likely N-dealkylation sites (tertiary alicyclic amines) is 1. The maximum atomic E-state index is 13.3. The van der Waals surface area contributed by atoms with Crippen molar-refractivity contribution in [2.24, 2.45) is 0 Å². The van der Waals surface area contributed by atoms with Crippen molar-refractivity contribution in [2.45, 2.75) is 25.8 Å². The van der Waals surface area contributed by atoms with Crippen LogP contribution in [0.1, 0.15) is 39.1 Å². The molecule has 1 saturated heterocycles. The second kappa shape index (κ2) is 7.98. The number of aromatic nitrogens is 3. The van der Waals surface area contributed by atoms with E-state index in [0.717, 1.165) is 17.7 Å². The van der Waals surface area contributed by atoms with Gasteiger partial charge in [0, 0.05) is 18.8 Å². The minimum Gasteiger partial charge on any atom is -0.481 e. The van der Waals surface area contributed by atoms with Gasteiger partial charge in [-0.25, -0.2) is 9.67 Å². The number of nitrogens with two attached hydrogens (primary N) is 1. The minimum atomic E-state index is -0.572. The Morgan fingerprint density at radius 3 is 2.57 bits per heavy atom. The van der Waals surface area contributed by atoms with E-state index >= 15 is 0 Å². The van der Waals surface area contributed by atoms with Crippen LogP contribution in [0.25, 0.3) is 5.69 Å². The van der Waals surface area contributed by atoms with Gasteiger partial charge in [-0.1, -0.05) is 17.7 Å². The molecule has 4 rings (SSSR count). The summed E-state index contributed by atoms with van der Waals surface area (Å²) in [5.74, 6) is 0.273. The van der Waals surface area contributed by atoms with Gasteiger partial charge in [0.15, 0.2) is 5.78 Å². The highest BCUT2D eigenvalue weighted by Gasteiger charge is 2.36. The maximum absolute atomic E-state index is 13.3. The fourth-order valence-corrected chi connectivity index (χ4v) is 3.69. The molecule has 2 N–H and O–H groups in total. The van der Waals surface area contributed by atoms with Crippen LogP contribution in [0.2, 0.25) is 0 Å². The van der Waals surface area contributed by atoms with Crippen LogP contribution in [-0.2, 0) is 0 Å². The Morgan fingerprint density at radius 2 is 1.90 bits per heavy atom. The lowest BCUT2D eigenvalue weighted by atomic mass is 10.0. The number of hydrogen-bond donors (Lipinski definition) is 1. The van der Waals surface area contributed by atoms with Crippen molar-refractivity contribution in [3.05, 3.63) is 65.5 Å². The highest BCUT2D eigenvalue weighted by atomic mass is 16.5. The normalized spacial score (nSPS) is 15.9. The highest BCUT2D eigenvalue weighted by Crippen LogP contribution is 2.27. The summed E-state index contributed by atoms with van der Waals surface area (Å²) in [6.07, 6.45) is 4.28. The summed E-state index contributed by atoms with van der Waals surface area (Å²) in [6, 6.07) is 10.4. The van der Waals surface area contributed by atoms with Gasteiger partial charge in [-0.15, -0.1) is 0 Å². The van der Waals surface area contributed by atoms with Gasteiger partial charge in [-0.3, -0.25) is 9.59 Å². The quantitative estimate of drug-likeness (QED) is 0.655. The minimum absolute atomic E-state index is 0.196. The average Bonchev–Trinajstić information content (AvgIpc) is 3.40. The lowest BCUT2D eigenvalue weighted by Crippen LogP contribution is -2.40. The first-order chi connectivity index (χ1) is 14.5. The van der Waals surface area contributed by atoms with E-state index in [1.165, 1.54) is 19.5 Å². The molecular formula is C22H23N5O3. The lowest BCUT2D eigenvalue weighted by molar-refractivity contribution is 0.0671. The number of carbonyl (C=O) groups is 2. The average molecular weight is 405 g/mol. The van der Waals surface area contributed by atoms with E-state index < -0.39 is 6.04 Å². The van der Waals surface area contributed by atoms with E-state index in [2.05, 4.69) is 10.1 Å². The molecule has 1 aliphatic rings. The number of hydrogen-bond acceptors (Lipinski definition) is 6. The predicted molar refractivity (Wildman–Crippen MR) is 112 cm³/mol. The molecule has 1 aliphatic heterocycles. The van der Waals surface area contributed by atoms with Crippen molar-refractivity contribution in [3.8, 4) is 11.6 Å². The van der Waals surface area contributed by atoms with Crippen molar-refractivity contribution < 1.29 is 14.3 Å². The number of rotatable bonds is 5. The molecule has 3 aromatic rings. The first-order valence-corrected chi connectivity index (χ1v) is 9.75. The fourth-order valence-electron chi connectivity index (χ4n) is 3.69. The zero-order chi connectivity index (χ0) is 21.3. The Kier molecular flexibility index (Phi) is 5.22. The molecule has 1 amide bonds. The number of nitrogens with zero attached hydrogens (tertiary/aromatic N) is 4. The second-order valence-electron chi connectivity index (χ2n) is 7.30. The number of ketones is 1. The van der Waals surface area contributed by atoms with E-state index in [9.17, 15) is 9.59 Å². The predicted octanol–water partition coefficient (Wildman–Crippen LogP) is 2.65. The molecule has 8 heteroatoms. The van der Waals surface area contributed by atoms with Crippen LogP contribution in [0, 0.1) is 6.92 Å². The number of amides is 1. The molecule has 8 nitrogen and oxygen atoms in total. The number of nitrogen functional groups attached to an aromatic ring is 1. The number of Topliss-reactive ketones (excluding diaryl/α,β-unsaturated/α-hetero) is 1. The van der Waals surface area contributed by atoms with Crippen molar-refractivity contribution in [2.75, 3.05) is 19.4 Å². The van der Waals surface area contributed by atoms with Gasteiger partial charge in [-0.2, -0.15) is 5.10 Å². The van der Waals surface area contributed by atoms with Gasteiger partial charge >= 0.3 is 0 Å². The van der Waals surface area contributed by atoms with E-state index in [1.54, 1.807) is 21.7 Å². The zero-order valence-electron chi connectivity index (χ0n) is 16.9. The van der Waals surface area contributed by atoms with E-state index in [4.69, 9.17) is 10.5 Å². The van der Waals surface area contributed by atoms with E-state index in [-0.39, 0.29) is 17.5 Å². The third-order valence-corrected chi connectivity index (χ3v) is 5.36. The maximum Gasteiger partial charge on any atom is 0.256 e. The Hall–Kier alpha value is -3.68. The number of anilines is 1. The Labute approximate surface area is 174 Å². The molecule has 1 unspecified atom stereocenters. The summed E-state index contributed by atoms with van der Waals surface area (Å²) in [7, 11) is 1.51. The van der Waals surface area contributed by atoms with E-state index in [0.29, 0.717) is 30.0 Å². The molecule has 0 radical (unpaired) electrons. The number of ether oxygens (including phenoxy) is 1. The van der Waals surface area contributed by atoms with Crippen LogP contribution in [0.5, 0.6) is 5.88 Å². The number of pyridine rings is 1. The highest BCUT2D eigenvalue weighted by molar-refractivity contribution is 6.07. The van der Waals surface area contributed by atoms with Gasteiger partial charge in [0.05, 0.1) is 36.2 Å². The van der Waals surface area contributed by atoms with Gasteiger partial charge in [0.25, 0.3) is 5.91 Å². The standard InChI is InChI=1S/C22H23N5O3/c1-14-5-8-16(9-6-14)27-21(23)17(13-25-27)20(28)18-4-3-11-26(18)22(29)15-7-10-19(30-2)24-12-15/h5-10,12-13,18H,3-4,11,23H2,1-2H3. The van der Waals surface area contributed by atoms with Crippen molar-refractivity contribution in [1.29, 1.82) is 0 Å². The number of benzene rings is 1. The SMILES string of the molecule is COc1ccc(C(=O)N2CCCC2C(=O)c2cnn(-c3ccc(C)cc3)c2N)cn1. The summed E-state index contributed by atoms with van der Waals surface area (Å²) in [6.45, 7) is 2.50. The van der Waals surface area contributed by atoms with Crippen LogP contribution in [-0.4, -0.2) is 51.1 Å². The molecule has 154 valence electrons. The second-order valence-corrected chi connectivity index (χ2v) is 7.30. The Morgan fingerprint density at radius 1 is 1.13 bits per heavy atom. The van der Waals surface area contributed by atoms with Crippen molar-refractivity contribution in [3.63, 3.8) is 0 Å². The monoisotopic (exact) mass is 405 g/mol. The lowest BCUT2D eigenvalue weighted by Gasteiger charge is -2.23. The molecule has 30 heavy (non-hydrogen) atoms. The summed E-state index contributed by atoms with van der Waals surface area (Å²) in [5.41, 5.74) is 8.90. The largest absolute Gasteiger partial charge is 0.481 e. The summed E-state index contributed by atoms with van der Waals surface area (Å²) in [4.78, 5) is 31.9. The Balaban J connectivity index is 1.58. The van der Waals surface area contributed by atoms with Crippen LogP contribution in [0.3, 0.4) is 0 Å². The third kappa shape index (κ3) is 3.52. The topological polar surface area (TPSA) is 103 Å². The van der Waals surface area contributed by atoms with Crippen LogP contribution < -0.4 is 10.5 Å². The number of aryl methyl sites for hydroxylation is 1. The fraction of sp³-hybridized carbons (Fsp3) is 0.273. The third-order valence-electron chi connectivity index (χ3n) is 5.36. The summed E-state index contributed by atoms with van der Waals surface area (Å²) < 4.78 is 6.58.